The smallest absolute Gasteiger partial charge is 0.238 e. The van der Waals surface area contributed by atoms with Crippen LogP contribution in [0.1, 0.15) is 32.3 Å². The highest BCUT2D eigenvalue weighted by molar-refractivity contribution is 5.82. The van der Waals surface area contributed by atoms with Crippen LogP contribution in [0, 0.1) is 5.92 Å². The van der Waals surface area contributed by atoms with Gasteiger partial charge in [-0.25, -0.2) is 0 Å². The van der Waals surface area contributed by atoms with Gasteiger partial charge in [-0.15, -0.1) is 0 Å². The molecule has 0 unspecified atom stereocenters. The standard InChI is InChI=1S/C14H20N2O2/c1-11(2)10-14(18)16-15-13(17)9-8-12-6-4-3-5-7-12/h3-7,11H,8-10H2,1-2H3,(H,15,17)(H,16,18). The molecule has 1 aromatic carbocycles. The largest absolute Gasteiger partial charge is 0.273 e. The van der Waals surface area contributed by atoms with Crippen molar-refractivity contribution < 1.29 is 9.59 Å². The molecule has 0 aliphatic carbocycles. The van der Waals surface area contributed by atoms with E-state index in [4.69, 9.17) is 0 Å². The molecule has 4 nitrogen and oxygen atoms in total. The Morgan fingerprint density at radius 2 is 1.67 bits per heavy atom. The number of carbonyl (C=O) groups excluding carboxylic acids is 2. The molecule has 0 atom stereocenters. The summed E-state index contributed by atoms with van der Waals surface area (Å²) in [6.45, 7) is 3.91. The lowest BCUT2D eigenvalue weighted by Gasteiger charge is -2.08. The molecule has 0 bridgehead atoms. The van der Waals surface area contributed by atoms with E-state index in [1.807, 2.05) is 44.2 Å². The fourth-order valence-corrected chi connectivity index (χ4v) is 1.53. The van der Waals surface area contributed by atoms with E-state index in [2.05, 4.69) is 10.9 Å². The maximum absolute atomic E-state index is 11.5. The Kier molecular flexibility index (Phi) is 5.91. The molecule has 18 heavy (non-hydrogen) atoms. The van der Waals surface area contributed by atoms with Crippen molar-refractivity contribution in [3.05, 3.63) is 35.9 Å². The highest BCUT2D eigenvalue weighted by atomic mass is 16.2. The molecule has 4 heteroatoms. The Bertz CT molecular complexity index is 388. The highest BCUT2D eigenvalue weighted by Crippen LogP contribution is 2.02. The Labute approximate surface area is 108 Å². The highest BCUT2D eigenvalue weighted by Gasteiger charge is 2.06. The Balaban J connectivity index is 2.20. The number of rotatable bonds is 5. The van der Waals surface area contributed by atoms with Crippen molar-refractivity contribution in [3.63, 3.8) is 0 Å². The summed E-state index contributed by atoms with van der Waals surface area (Å²) in [6.07, 6.45) is 1.46. The summed E-state index contributed by atoms with van der Waals surface area (Å²) < 4.78 is 0. The molecule has 0 saturated heterocycles. The van der Waals surface area contributed by atoms with E-state index in [1.54, 1.807) is 0 Å². The van der Waals surface area contributed by atoms with Crippen molar-refractivity contribution in [1.82, 2.24) is 10.9 Å². The second-order valence-electron chi connectivity index (χ2n) is 4.68. The third kappa shape index (κ3) is 6.03. The van der Waals surface area contributed by atoms with Crippen molar-refractivity contribution in [2.75, 3.05) is 0 Å². The number of benzene rings is 1. The third-order valence-electron chi connectivity index (χ3n) is 2.42. The van der Waals surface area contributed by atoms with Crippen LogP contribution in [-0.2, 0) is 16.0 Å². The number of nitrogens with one attached hydrogen (secondary N) is 2. The number of hydrogen-bond acceptors (Lipinski definition) is 2. The molecule has 0 fully saturated rings. The Hall–Kier alpha value is -1.84. The number of aryl methyl sites for hydroxylation is 1. The summed E-state index contributed by atoms with van der Waals surface area (Å²) in [4.78, 5) is 22.8. The molecule has 0 aliphatic rings. The normalized spacial score (nSPS) is 10.2. The summed E-state index contributed by atoms with van der Waals surface area (Å²) in [6, 6.07) is 9.78. The third-order valence-corrected chi connectivity index (χ3v) is 2.42. The van der Waals surface area contributed by atoms with Gasteiger partial charge in [0.25, 0.3) is 0 Å². The van der Waals surface area contributed by atoms with Crippen molar-refractivity contribution in [3.8, 4) is 0 Å². The van der Waals surface area contributed by atoms with E-state index < -0.39 is 0 Å². The van der Waals surface area contributed by atoms with Gasteiger partial charge in [0.2, 0.25) is 11.8 Å². The second kappa shape index (κ2) is 7.48. The maximum atomic E-state index is 11.5. The summed E-state index contributed by atoms with van der Waals surface area (Å²) >= 11 is 0. The summed E-state index contributed by atoms with van der Waals surface area (Å²) in [5.41, 5.74) is 5.94. The molecule has 0 aliphatic heterocycles. The molecule has 1 rings (SSSR count). The number of amides is 2. The van der Waals surface area contributed by atoms with Crippen molar-refractivity contribution >= 4 is 11.8 Å². The Morgan fingerprint density at radius 3 is 2.28 bits per heavy atom. The van der Waals surface area contributed by atoms with Gasteiger partial charge in [-0.3, -0.25) is 20.4 Å². The van der Waals surface area contributed by atoms with E-state index in [9.17, 15) is 9.59 Å². The zero-order valence-corrected chi connectivity index (χ0v) is 10.9. The zero-order valence-electron chi connectivity index (χ0n) is 10.9. The predicted molar refractivity (Wildman–Crippen MR) is 70.5 cm³/mol. The molecule has 2 N–H and O–H groups in total. The van der Waals surface area contributed by atoms with Gasteiger partial charge in [0.15, 0.2) is 0 Å². The fourth-order valence-electron chi connectivity index (χ4n) is 1.53. The van der Waals surface area contributed by atoms with E-state index in [0.717, 1.165) is 5.56 Å². The SMILES string of the molecule is CC(C)CC(=O)NNC(=O)CCc1ccccc1. The van der Waals surface area contributed by atoms with Crippen molar-refractivity contribution in [2.24, 2.45) is 5.92 Å². The summed E-state index contributed by atoms with van der Waals surface area (Å²) in [5.74, 6) is -0.0414. The monoisotopic (exact) mass is 248 g/mol. The lowest BCUT2D eigenvalue weighted by Crippen LogP contribution is -2.42. The van der Waals surface area contributed by atoms with Crippen molar-refractivity contribution in [1.29, 1.82) is 0 Å². The first kappa shape index (κ1) is 14.2. The van der Waals surface area contributed by atoms with Crippen LogP contribution in [0.5, 0.6) is 0 Å². The van der Waals surface area contributed by atoms with Crippen LogP contribution < -0.4 is 10.9 Å². The lowest BCUT2D eigenvalue weighted by molar-refractivity contribution is -0.129. The van der Waals surface area contributed by atoms with Crippen LogP contribution in [0.2, 0.25) is 0 Å². The van der Waals surface area contributed by atoms with Gasteiger partial charge >= 0.3 is 0 Å². The second-order valence-corrected chi connectivity index (χ2v) is 4.68. The van der Waals surface area contributed by atoms with Gasteiger partial charge in [-0.1, -0.05) is 44.2 Å². The molecule has 0 radical (unpaired) electrons. The van der Waals surface area contributed by atoms with Crippen LogP contribution in [-0.4, -0.2) is 11.8 Å². The van der Waals surface area contributed by atoms with Crippen LogP contribution in [0.4, 0.5) is 0 Å². The van der Waals surface area contributed by atoms with Crippen LogP contribution in [0.25, 0.3) is 0 Å². The molecule has 2 amide bonds. The van der Waals surface area contributed by atoms with Crippen LogP contribution in [0.3, 0.4) is 0 Å². The van der Waals surface area contributed by atoms with E-state index in [0.29, 0.717) is 19.3 Å². The van der Waals surface area contributed by atoms with E-state index in [-0.39, 0.29) is 17.7 Å². The molecule has 1 aromatic rings. The number of hydrazine groups is 1. The van der Waals surface area contributed by atoms with E-state index >= 15 is 0 Å². The maximum Gasteiger partial charge on any atom is 0.238 e. The average Bonchev–Trinajstić information content (AvgIpc) is 2.34. The number of carbonyl (C=O) groups is 2. The first-order chi connectivity index (χ1) is 8.58. The van der Waals surface area contributed by atoms with Crippen LogP contribution in [0.15, 0.2) is 30.3 Å². The zero-order chi connectivity index (χ0) is 13.4. The first-order valence-corrected chi connectivity index (χ1v) is 6.19. The van der Waals surface area contributed by atoms with E-state index in [1.165, 1.54) is 0 Å². The molecule has 0 saturated carbocycles. The molecule has 0 aromatic heterocycles. The molecule has 0 heterocycles. The topological polar surface area (TPSA) is 58.2 Å². The molecular weight excluding hydrogens is 228 g/mol. The molecular formula is C14H20N2O2. The average molecular weight is 248 g/mol. The minimum atomic E-state index is -0.170. The van der Waals surface area contributed by atoms with Gasteiger partial charge in [0.05, 0.1) is 0 Å². The quantitative estimate of drug-likeness (QED) is 0.781. The summed E-state index contributed by atoms with van der Waals surface area (Å²) in [7, 11) is 0. The lowest BCUT2D eigenvalue weighted by atomic mass is 10.1. The minimum absolute atomic E-state index is 0.155. The minimum Gasteiger partial charge on any atom is -0.273 e. The number of hydrogen-bond donors (Lipinski definition) is 2. The molecule has 0 spiro atoms. The van der Waals surface area contributed by atoms with Gasteiger partial charge in [0, 0.05) is 12.8 Å². The van der Waals surface area contributed by atoms with Gasteiger partial charge in [-0.2, -0.15) is 0 Å². The first-order valence-electron chi connectivity index (χ1n) is 6.19. The van der Waals surface area contributed by atoms with Gasteiger partial charge in [-0.05, 0) is 17.9 Å². The van der Waals surface area contributed by atoms with Crippen molar-refractivity contribution in [2.45, 2.75) is 33.1 Å². The predicted octanol–water partition coefficient (Wildman–Crippen LogP) is 1.81. The summed E-state index contributed by atoms with van der Waals surface area (Å²) in [5, 5.41) is 0. The fraction of sp³-hybridized carbons (Fsp3) is 0.429. The molecule has 98 valence electrons. The van der Waals surface area contributed by atoms with Gasteiger partial charge in [0.1, 0.15) is 0 Å². The Morgan fingerprint density at radius 1 is 1.06 bits per heavy atom. The van der Waals surface area contributed by atoms with Crippen LogP contribution >= 0.6 is 0 Å². The van der Waals surface area contributed by atoms with Gasteiger partial charge < -0.3 is 0 Å².